The largest absolute Gasteiger partial charge is 0.489 e. The Hall–Kier alpha value is -2.57. The molecule has 244 valence electrons. The maximum atomic E-state index is 13.0. The lowest BCUT2D eigenvalue weighted by molar-refractivity contribution is -0.132. The number of ether oxygens (including phenoxy) is 1. The second kappa shape index (κ2) is 14.7. The maximum Gasteiger partial charge on any atom is 0.236 e. The molecule has 0 saturated carbocycles. The predicted molar refractivity (Wildman–Crippen MR) is 178 cm³/mol. The molecule has 2 aliphatic rings. The number of nitrogens with one attached hydrogen (secondary N) is 4. The van der Waals surface area contributed by atoms with Crippen molar-refractivity contribution < 1.29 is 17.9 Å². The summed E-state index contributed by atoms with van der Waals surface area (Å²) >= 11 is 6.70. The van der Waals surface area contributed by atoms with Crippen LogP contribution in [0.5, 0.6) is 5.75 Å². The zero-order valence-electron chi connectivity index (χ0n) is 27.0. The van der Waals surface area contributed by atoms with Gasteiger partial charge in [-0.1, -0.05) is 12.1 Å². The molecule has 0 bridgehead atoms. The Balaban J connectivity index is 1.50. The first-order chi connectivity index (χ1) is 20.8. The molecule has 0 aliphatic carbocycles. The molecule has 0 spiro atoms. The minimum atomic E-state index is -3.49. The van der Waals surface area contributed by atoms with E-state index in [1.165, 1.54) is 5.56 Å². The molecule has 4 rings (SSSR count). The van der Waals surface area contributed by atoms with E-state index in [0.29, 0.717) is 24.7 Å². The smallest absolute Gasteiger partial charge is 0.236 e. The number of hydrogen-bond acceptors (Lipinski definition) is 9. The Labute approximate surface area is 268 Å². The van der Waals surface area contributed by atoms with Crippen LogP contribution in [0.15, 0.2) is 41.3 Å². The molecule has 10 nitrogen and oxygen atoms in total. The second-order valence-electron chi connectivity index (χ2n) is 12.6. The fraction of sp³-hybridized carbons (Fsp3) is 0.594. The number of halogens is 1. The van der Waals surface area contributed by atoms with Crippen molar-refractivity contribution in [2.45, 2.75) is 87.5 Å². The highest BCUT2D eigenvalue weighted by Crippen LogP contribution is 2.37. The number of amides is 1. The Morgan fingerprint density at radius 1 is 1.09 bits per heavy atom. The minimum Gasteiger partial charge on any atom is -0.489 e. The number of carbonyl (C=O) groups excluding carboxylic acids is 1. The van der Waals surface area contributed by atoms with Gasteiger partial charge in [0.1, 0.15) is 12.0 Å². The van der Waals surface area contributed by atoms with Crippen LogP contribution in [0, 0.1) is 6.92 Å². The number of anilines is 2. The van der Waals surface area contributed by atoms with Crippen molar-refractivity contribution in [2.24, 2.45) is 0 Å². The van der Waals surface area contributed by atoms with Gasteiger partial charge in [0.25, 0.3) is 0 Å². The molecule has 2 aliphatic heterocycles. The van der Waals surface area contributed by atoms with Crippen molar-refractivity contribution in [1.82, 2.24) is 20.4 Å². The summed E-state index contributed by atoms with van der Waals surface area (Å²) in [6.45, 7) is 11.9. The SMILES string of the molecule is Cc1cc(NC2NCC(Cl)C(Nc3ccccc3S(=O)(=O)C(C)C)N2)c(OC(C)C)cc1C1CCN(C(=O)CN(C)C)CC1. The van der Waals surface area contributed by atoms with Crippen LogP contribution in [-0.4, -0.2) is 93.6 Å². The van der Waals surface area contributed by atoms with E-state index in [2.05, 4.69) is 40.3 Å². The first kappa shape index (κ1) is 34.3. The Morgan fingerprint density at radius 3 is 2.41 bits per heavy atom. The number of likely N-dealkylation sites (tertiary alicyclic amines) is 1. The van der Waals surface area contributed by atoms with Crippen LogP contribution >= 0.6 is 11.6 Å². The summed E-state index contributed by atoms with van der Waals surface area (Å²) in [6, 6.07) is 11.2. The van der Waals surface area contributed by atoms with E-state index < -0.39 is 21.3 Å². The highest BCUT2D eigenvalue weighted by molar-refractivity contribution is 7.92. The molecule has 2 aromatic rings. The Bertz CT molecular complexity index is 1400. The number of rotatable bonds is 11. The van der Waals surface area contributed by atoms with Gasteiger partial charge in [0, 0.05) is 19.6 Å². The van der Waals surface area contributed by atoms with Crippen molar-refractivity contribution in [2.75, 3.05) is 50.9 Å². The fourth-order valence-electron chi connectivity index (χ4n) is 5.75. The van der Waals surface area contributed by atoms with Gasteiger partial charge in [-0.15, -0.1) is 11.6 Å². The van der Waals surface area contributed by atoms with Crippen LogP contribution < -0.4 is 26.0 Å². The summed E-state index contributed by atoms with van der Waals surface area (Å²) in [5, 5.41) is 12.9. The van der Waals surface area contributed by atoms with Crippen molar-refractivity contribution in [1.29, 1.82) is 0 Å². The Kier molecular flexibility index (Phi) is 11.4. The summed E-state index contributed by atoms with van der Waals surface area (Å²) in [5.74, 6) is 1.29. The number of hydrogen-bond donors (Lipinski definition) is 4. The van der Waals surface area contributed by atoms with Gasteiger partial charge in [0.15, 0.2) is 9.84 Å². The summed E-state index contributed by atoms with van der Waals surface area (Å²) in [5.41, 5.74) is 3.77. The molecule has 1 amide bonds. The van der Waals surface area contributed by atoms with E-state index in [1.54, 1.807) is 32.0 Å². The van der Waals surface area contributed by atoms with Crippen LogP contribution in [-0.2, 0) is 14.6 Å². The van der Waals surface area contributed by atoms with Crippen LogP contribution in [0.3, 0.4) is 0 Å². The molecular formula is C32H49ClN6O4S. The summed E-state index contributed by atoms with van der Waals surface area (Å²) in [6.07, 6.45) is 1.04. The van der Waals surface area contributed by atoms with Gasteiger partial charge in [-0.3, -0.25) is 15.4 Å². The van der Waals surface area contributed by atoms with Gasteiger partial charge in [-0.2, -0.15) is 0 Å². The summed E-state index contributed by atoms with van der Waals surface area (Å²) < 4.78 is 32.3. The normalized spacial score (nSPS) is 21.6. The fourth-order valence-corrected chi connectivity index (χ4v) is 7.18. The number of alkyl halides is 1. The van der Waals surface area contributed by atoms with Crippen LogP contribution in [0.1, 0.15) is 57.6 Å². The van der Waals surface area contributed by atoms with Gasteiger partial charge in [-0.25, -0.2) is 8.42 Å². The highest BCUT2D eigenvalue weighted by atomic mass is 35.5. The molecule has 0 aromatic heterocycles. The molecule has 4 N–H and O–H groups in total. The number of carbonyl (C=O) groups is 1. The molecule has 12 heteroatoms. The topological polar surface area (TPSA) is 115 Å². The molecule has 0 radical (unpaired) electrons. The van der Waals surface area contributed by atoms with Gasteiger partial charge in [-0.05, 0) is 103 Å². The number of benzene rings is 2. The molecule has 3 atom stereocenters. The van der Waals surface area contributed by atoms with Gasteiger partial charge < -0.3 is 25.2 Å². The number of aryl methyl sites for hydroxylation is 1. The summed E-state index contributed by atoms with van der Waals surface area (Å²) in [7, 11) is 0.350. The highest BCUT2D eigenvalue weighted by Gasteiger charge is 2.32. The third-order valence-electron chi connectivity index (χ3n) is 8.12. The lowest BCUT2D eigenvalue weighted by Gasteiger charge is -2.38. The number of likely N-dealkylation sites (N-methyl/N-ethyl adjacent to an activating group) is 1. The van der Waals surface area contributed by atoms with Crippen molar-refractivity contribution >= 4 is 38.7 Å². The second-order valence-corrected chi connectivity index (χ2v) is 15.7. The van der Waals surface area contributed by atoms with E-state index in [9.17, 15) is 13.2 Å². The molecule has 44 heavy (non-hydrogen) atoms. The molecule has 3 unspecified atom stereocenters. The number of sulfone groups is 1. The molecule has 2 aromatic carbocycles. The number of nitrogens with zero attached hydrogens (tertiary/aromatic N) is 2. The van der Waals surface area contributed by atoms with Crippen LogP contribution in [0.25, 0.3) is 0 Å². The van der Waals surface area contributed by atoms with Crippen molar-refractivity contribution in [3.63, 3.8) is 0 Å². The third kappa shape index (κ3) is 8.37. The molecular weight excluding hydrogens is 600 g/mol. The van der Waals surface area contributed by atoms with Crippen LogP contribution in [0.2, 0.25) is 0 Å². The van der Waals surface area contributed by atoms with E-state index in [-0.39, 0.29) is 28.6 Å². The first-order valence-electron chi connectivity index (χ1n) is 15.5. The maximum absolute atomic E-state index is 13.0. The first-order valence-corrected chi connectivity index (χ1v) is 17.5. The molecule has 2 fully saturated rings. The summed E-state index contributed by atoms with van der Waals surface area (Å²) in [4.78, 5) is 16.7. The minimum absolute atomic E-state index is 0.0232. The zero-order chi connectivity index (χ0) is 32.2. The monoisotopic (exact) mass is 648 g/mol. The number of piperidine rings is 1. The lowest BCUT2D eigenvalue weighted by atomic mass is 9.86. The zero-order valence-corrected chi connectivity index (χ0v) is 28.6. The van der Waals surface area contributed by atoms with Gasteiger partial charge >= 0.3 is 0 Å². The van der Waals surface area contributed by atoms with Crippen molar-refractivity contribution in [3.05, 3.63) is 47.5 Å². The van der Waals surface area contributed by atoms with E-state index in [4.69, 9.17) is 16.3 Å². The van der Waals surface area contributed by atoms with Crippen molar-refractivity contribution in [3.8, 4) is 5.75 Å². The quantitative estimate of drug-likeness (QED) is 0.267. The average Bonchev–Trinajstić information content (AvgIpc) is 2.96. The van der Waals surface area contributed by atoms with E-state index in [1.807, 2.05) is 43.8 Å². The molecule has 2 saturated heterocycles. The van der Waals surface area contributed by atoms with Gasteiger partial charge in [0.05, 0.1) is 45.7 Å². The molecule has 2 heterocycles. The predicted octanol–water partition coefficient (Wildman–Crippen LogP) is 4.17. The average molecular weight is 649 g/mol. The van der Waals surface area contributed by atoms with Gasteiger partial charge in [0.2, 0.25) is 5.91 Å². The Morgan fingerprint density at radius 2 is 1.77 bits per heavy atom. The third-order valence-corrected chi connectivity index (χ3v) is 10.7. The number of para-hydroxylation sites is 1. The lowest BCUT2D eigenvalue weighted by Crippen LogP contribution is -2.64. The van der Waals surface area contributed by atoms with E-state index in [0.717, 1.165) is 42.9 Å². The van der Waals surface area contributed by atoms with E-state index >= 15 is 0 Å². The standard InChI is InChI=1S/C32H49ClN6O4S/c1-20(2)43-28-17-24(23-12-14-39(15-13-23)30(40)19-38(6)7)22(5)16-27(28)36-32-34-18-25(33)31(37-32)35-26-10-8-9-11-29(26)44(41,42)21(3)4/h8-11,16-17,20-21,23,25,31-32,34-37H,12-15,18-19H2,1-7H3. The van der Waals surface area contributed by atoms with Crippen LogP contribution in [0.4, 0.5) is 11.4 Å².